The Morgan fingerprint density at radius 1 is 1.00 bits per heavy atom. The van der Waals surface area contributed by atoms with Crippen LogP contribution >= 0.6 is 0 Å². The number of aromatic carboxylic acids is 1. The molecule has 0 amide bonds. The zero-order chi connectivity index (χ0) is 23.7. The summed E-state index contributed by atoms with van der Waals surface area (Å²) in [7, 11) is 0. The maximum Gasteiger partial charge on any atom is 0.336 e. The summed E-state index contributed by atoms with van der Waals surface area (Å²) >= 11 is 0. The number of carboxylic acids is 1. The van der Waals surface area contributed by atoms with Gasteiger partial charge < -0.3 is 19.0 Å². The Kier molecular flexibility index (Phi) is 6.70. The first-order valence-electron chi connectivity index (χ1n) is 12.1. The monoisotopic (exact) mass is 463 g/mol. The highest BCUT2D eigenvalue weighted by atomic mass is 16.5. The van der Waals surface area contributed by atoms with Crippen LogP contribution in [0.3, 0.4) is 0 Å². The van der Waals surface area contributed by atoms with Crippen molar-refractivity contribution in [2.75, 3.05) is 52.6 Å². The van der Waals surface area contributed by atoms with Crippen LogP contribution in [0.2, 0.25) is 0 Å². The zero-order valence-electron chi connectivity index (χ0n) is 20.0. The molecule has 180 valence electrons. The highest BCUT2D eigenvalue weighted by Crippen LogP contribution is 2.32. The Labute approximate surface area is 200 Å². The summed E-state index contributed by atoms with van der Waals surface area (Å²) in [5.41, 5.74) is 6.66. The van der Waals surface area contributed by atoms with E-state index in [-0.39, 0.29) is 6.04 Å². The van der Waals surface area contributed by atoms with E-state index in [1.54, 1.807) is 6.07 Å². The van der Waals surface area contributed by atoms with Crippen LogP contribution < -0.4 is 0 Å². The van der Waals surface area contributed by atoms with E-state index < -0.39 is 5.97 Å². The molecule has 2 aliphatic rings. The largest absolute Gasteiger partial charge is 0.478 e. The van der Waals surface area contributed by atoms with Crippen LogP contribution in [-0.4, -0.2) is 77.9 Å². The summed E-state index contributed by atoms with van der Waals surface area (Å²) < 4.78 is 13.2. The number of morpholine rings is 2. The summed E-state index contributed by atoms with van der Waals surface area (Å²) in [5.74, 6) is -0.884. The molecule has 1 atom stereocenters. The number of hydrogen-bond acceptors (Lipinski definition) is 5. The van der Waals surface area contributed by atoms with Crippen LogP contribution in [-0.2, 0) is 16.0 Å². The zero-order valence-corrected chi connectivity index (χ0v) is 20.0. The lowest BCUT2D eigenvalue weighted by Crippen LogP contribution is -2.39. The molecule has 2 aliphatic heterocycles. The second kappa shape index (κ2) is 9.88. The molecule has 0 radical (unpaired) electrons. The Bertz CT molecular complexity index is 1180. The summed E-state index contributed by atoms with van der Waals surface area (Å²) in [6.45, 7) is 11.6. The summed E-state index contributed by atoms with van der Waals surface area (Å²) in [4.78, 5) is 16.9. The number of carbonyl (C=O) groups is 1. The first-order valence-corrected chi connectivity index (χ1v) is 12.1. The summed E-state index contributed by atoms with van der Waals surface area (Å²) in [5, 5.41) is 9.90. The van der Waals surface area contributed by atoms with Crippen LogP contribution in [0.25, 0.3) is 16.6 Å². The number of carboxylic acid groups (broad SMARTS) is 1. The number of fused-ring (bicyclic) bond motifs is 1. The van der Waals surface area contributed by atoms with Crippen LogP contribution in [0, 0.1) is 6.92 Å². The highest BCUT2D eigenvalue weighted by Gasteiger charge is 2.25. The summed E-state index contributed by atoms with van der Waals surface area (Å²) in [6.07, 6.45) is 2.16. The molecule has 2 saturated heterocycles. The first-order chi connectivity index (χ1) is 16.5. The van der Waals surface area contributed by atoms with Gasteiger partial charge in [0.15, 0.2) is 0 Å². The van der Waals surface area contributed by atoms with Gasteiger partial charge in [-0.3, -0.25) is 9.80 Å². The molecule has 3 aromatic rings. The van der Waals surface area contributed by atoms with Crippen molar-refractivity contribution in [1.82, 2.24) is 14.2 Å². The number of ether oxygens (including phenoxy) is 2. The third-order valence-corrected chi connectivity index (χ3v) is 7.18. The molecule has 0 bridgehead atoms. The lowest BCUT2D eigenvalue weighted by Gasteiger charge is -2.34. The van der Waals surface area contributed by atoms with Crippen LogP contribution in [0.4, 0.5) is 0 Å². The molecular formula is C27H33N3O4. The predicted molar refractivity (Wildman–Crippen MR) is 131 cm³/mol. The minimum atomic E-state index is -0.884. The molecule has 2 fully saturated rings. The van der Waals surface area contributed by atoms with Gasteiger partial charge in [0.25, 0.3) is 0 Å². The Balaban J connectivity index is 1.53. The minimum Gasteiger partial charge on any atom is -0.478 e. The number of rotatable bonds is 6. The van der Waals surface area contributed by atoms with Crippen molar-refractivity contribution < 1.29 is 19.4 Å². The standard InChI is InChI=1S/C27H33N3O4/c1-19-25(27(31)32)16-24-15-23(18-30(24)26(19)20(2)29-8-12-34-13-9-29)22-5-3-4-21(14-22)17-28-6-10-33-11-7-28/h3-5,14-16,18,20H,6-13,17H2,1-2H3,(H,31,32). The second-order valence-corrected chi connectivity index (χ2v) is 9.31. The maximum atomic E-state index is 12.1. The predicted octanol–water partition coefficient (Wildman–Crippen LogP) is 3.84. The van der Waals surface area contributed by atoms with E-state index in [1.165, 1.54) is 5.56 Å². The molecule has 1 unspecified atom stereocenters. The van der Waals surface area contributed by atoms with E-state index in [2.05, 4.69) is 57.7 Å². The lowest BCUT2D eigenvalue weighted by atomic mass is 10.0. The molecule has 2 aromatic heterocycles. The maximum absolute atomic E-state index is 12.1. The SMILES string of the molecule is Cc1c(C(=O)O)cc2cc(-c3cccc(CN4CCOCC4)c3)cn2c1C(C)N1CCOCC1. The average Bonchev–Trinajstić information content (AvgIpc) is 3.28. The topological polar surface area (TPSA) is 66.6 Å². The molecule has 5 rings (SSSR count). The van der Waals surface area contributed by atoms with E-state index in [0.29, 0.717) is 18.8 Å². The second-order valence-electron chi connectivity index (χ2n) is 9.31. The third kappa shape index (κ3) is 4.61. The van der Waals surface area contributed by atoms with Gasteiger partial charge in [-0.2, -0.15) is 0 Å². The molecule has 4 heterocycles. The number of pyridine rings is 1. The van der Waals surface area contributed by atoms with Gasteiger partial charge in [0, 0.05) is 61.7 Å². The molecule has 1 N–H and O–H groups in total. The third-order valence-electron chi connectivity index (χ3n) is 7.18. The van der Waals surface area contributed by atoms with Gasteiger partial charge >= 0.3 is 5.97 Å². The lowest BCUT2D eigenvalue weighted by molar-refractivity contribution is 0.0187. The van der Waals surface area contributed by atoms with Gasteiger partial charge in [-0.15, -0.1) is 0 Å². The van der Waals surface area contributed by atoms with E-state index >= 15 is 0 Å². The van der Waals surface area contributed by atoms with E-state index in [0.717, 1.165) is 73.8 Å². The molecule has 0 spiro atoms. The molecular weight excluding hydrogens is 430 g/mol. The molecule has 34 heavy (non-hydrogen) atoms. The highest BCUT2D eigenvalue weighted by molar-refractivity contribution is 5.91. The molecule has 7 heteroatoms. The van der Waals surface area contributed by atoms with Crippen molar-refractivity contribution >= 4 is 11.5 Å². The average molecular weight is 464 g/mol. The fourth-order valence-electron chi connectivity index (χ4n) is 5.27. The van der Waals surface area contributed by atoms with Gasteiger partial charge in [-0.1, -0.05) is 18.2 Å². The van der Waals surface area contributed by atoms with Gasteiger partial charge in [0.05, 0.1) is 32.0 Å². The van der Waals surface area contributed by atoms with E-state index in [1.807, 2.05) is 6.92 Å². The molecule has 7 nitrogen and oxygen atoms in total. The van der Waals surface area contributed by atoms with Crippen LogP contribution in [0.5, 0.6) is 0 Å². The van der Waals surface area contributed by atoms with Gasteiger partial charge in [-0.05, 0) is 48.7 Å². The van der Waals surface area contributed by atoms with Crippen LogP contribution in [0.1, 0.15) is 40.1 Å². The quantitative estimate of drug-likeness (QED) is 0.599. The fourth-order valence-corrected chi connectivity index (χ4v) is 5.27. The molecule has 0 saturated carbocycles. The Morgan fingerprint density at radius 2 is 1.71 bits per heavy atom. The van der Waals surface area contributed by atoms with Crippen molar-refractivity contribution in [2.45, 2.75) is 26.4 Å². The summed E-state index contributed by atoms with van der Waals surface area (Å²) in [6, 6.07) is 12.7. The van der Waals surface area contributed by atoms with Gasteiger partial charge in [-0.25, -0.2) is 4.79 Å². The first kappa shape index (κ1) is 23.1. The Hall–Kier alpha value is -2.71. The van der Waals surface area contributed by atoms with Crippen molar-refractivity contribution in [2.24, 2.45) is 0 Å². The number of hydrogen-bond donors (Lipinski definition) is 1. The van der Waals surface area contributed by atoms with Crippen molar-refractivity contribution in [3.05, 3.63) is 65.0 Å². The van der Waals surface area contributed by atoms with Gasteiger partial charge in [0.1, 0.15) is 0 Å². The number of aromatic nitrogens is 1. The fraction of sp³-hybridized carbons (Fsp3) is 0.444. The minimum absolute atomic E-state index is 0.0820. The normalized spacial score (nSPS) is 18.9. The van der Waals surface area contributed by atoms with Gasteiger partial charge in [0.2, 0.25) is 0 Å². The Morgan fingerprint density at radius 3 is 2.41 bits per heavy atom. The molecule has 0 aliphatic carbocycles. The number of benzene rings is 1. The van der Waals surface area contributed by atoms with Crippen molar-refractivity contribution in [3.63, 3.8) is 0 Å². The smallest absolute Gasteiger partial charge is 0.336 e. The van der Waals surface area contributed by atoms with Crippen molar-refractivity contribution in [3.8, 4) is 11.1 Å². The van der Waals surface area contributed by atoms with E-state index in [4.69, 9.17) is 9.47 Å². The van der Waals surface area contributed by atoms with Crippen LogP contribution in [0.15, 0.2) is 42.6 Å². The molecule has 1 aromatic carbocycles. The number of nitrogens with zero attached hydrogens (tertiary/aromatic N) is 3. The van der Waals surface area contributed by atoms with Crippen molar-refractivity contribution in [1.29, 1.82) is 0 Å². The van der Waals surface area contributed by atoms with E-state index in [9.17, 15) is 9.90 Å².